The number of nitrogen functional groups attached to an aromatic ring is 1. The molecule has 4 fully saturated rings. The summed E-state index contributed by atoms with van der Waals surface area (Å²) in [6.45, 7) is 2.03. The Morgan fingerprint density at radius 2 is 1.68 bits per heavy atom. The fourth-order valence-electron chi connectivity index (χ4n) is 5.00. The van der Waals surface area contributed by atoms with Gasteiger partial charge in [-0.05, 0) is 74.8 Å². The summed E-state index contributed by atoms with van der Waals surface area (Å²) in [4.78, 5) is 4.59. The van der Waals surface area contributed by atoms with Crippen molar-refractivity contribution in [3.8, 4) is 0 Å². The van der Waals surface area contributed by atoms with Crippen LogP contribution in [-0.4, -0.2) is 11.0 Å². The van der Waals surface area contributed by atoms with Crippen molar-refractivity contribution in [2.75, 3.05) is 11.1 Å². The van der Waals surface area contributed by atoms with Crippen LogP contribution in [0.3, 0.4) is 0 Å². The number of rotatable bonds is 2. The molecule has 1 heterocycles. The molecule has 4 aliphatic rings. The molecule has 19 heavy (non-hydrogen) atoms. The Balaban J connectivity index is 1.58. The molecule has 3 nitrogen and oxygen atoms in total. The van der Waals surface area contributed by atoms with Gasteiger partial charge in [-0.1, -0.05) is 0 Å². The lowest BCUT2D eigenvalue weighted by Gasteiger charge is -2.54. The fraction of sp³-hybridized carbons (Fsp3) is 0.688. The zero-order valence-electron chi connectivity index (χ0n) is 11.6. The molecule has 0 atom stereocenters. The SMILES string of the molecule is Cc1ccc(N)c(NC2C3CC4CC(C3)CC2C4)n1. The second-order valence-corrected chi connectivity index (χ2v) is 6.99. The molecule has 0 spiro atoms. The summed E-state index contributed by atoms with van der Waals surface area (Å²) in [5, 5.41) is 3.70. The lowest BCUT2D eigenvalue weighted by Crippen LogP contribution is -2.51. The molecule has 0 aliphatic heterocycles. The third kappa shape index (κ3) is 1.90. The number of pyridine rings is 1. The van der Waals surface area contributed by atoms with Crippen molar-refractivity contribution in [3.05, 3.63) is 17.8 Å². The number of aryl methyl sites for hydroxylation is 1. The van der Waals surface area contributed by atoms with Crippen molar-refractivity contribution in [2.45, 2.75) is 45.1 Å². The van der Waals surface area contributed by atoms with Gasteiger partial charge in [-0.2, -0.15) is 0 Å². The Kier molecular flexibility index (Phi) is 2.51. The maximum Gasteiger partial charge on any atom is 0.149 e. The Morgan fingerprint density at radius 3 is 2.32 bits per heavy atom. The molecule has 4 saturated carbocycles. The van der Waals surface area contributed by atoms with Crippen LogP contribution in [0.15, 0.2) is 12.1 Å². The van der Waals surface area contributed by atoms with E-state index in [-0.39, 0.29) is 0 Å². The van der Waals surface area contributed by atoms with Crippen LogP contribution in [0.1, 0.15) is 37.8 Å². The van der Waals surface area contributed by atoms with Crippen LogP contribution >= 0.6 is 0 Å². The summed E-state index contributed by atoms with van der Waals surface area (Å²) in [5.74, 6) is 4.67. The molecule has 3 heteroatoms. The topological polar surface area (TPSA) is 50.9 Å². The van der Waals surface area contributed by atoms with E-state index in [0.29, 0.717) is 6.04 Å². The largest absolute Gasteiger partial charge is 0.396 e. The number of nitrogens with one attached hydrogen (secondary N) is 1. The van der Waals surface area contributed by atoms with E-state index in [2.05, 4.69) is 10.3 Å². The lowest BCUT2D eigenvalue weighted by atomic mass is 9.54. The lowest BCUT2D eigenvalue weighted by molar-refractivity contribution is 0.00744. The van der Waals surface area contributed by atoms with E-state index >= 15 is 0 Å². The van der Waals surface area contributed by atoms with Crippen molar-refractivity contribution in [3.63, 3.8) is 0 Å². The van der Waals surface area contributed by atoms with Crippen molar-refractivity contribution in [1.82, 2.24) is 4.98 Å². The zero-order valence-corrected chi connectivity index (χ0v) is 11.6. The summed E-state index contributed by atoms with van der Waals surface area (Å²) in [5.41, 5.74) is 7.90. The molecule has 1 aromatic rings. The molecule has 0 aromatic carbocycles. The van der Waals surface area contributed by atoms with E-state index in [1.807, 2.05) is 19.1 Å². The van der Waals surface area contributed by atoms with Crippen molar-refractivity contribution < 1.29 is 0 Å². The monoisotopic (exact) mass is 257 g/mol. The van der Waals surface area contributed by atoms with E-state index in [1.165, 1.54) is 32.1 Å². The van der Waals surface area contributed by atoms with Crippen LogP contribution in [0.25, 0.3) is 0 Å². The Hall–Kier alpha value is -1.25. The number of anilines is 2. The molecular weight excluding hydrogens is 234 g/mol. The average Bonchev–Trinajstić information content (AvgIpc) is 2.37. The van der Waals surface area contributed by atoms with E-state index in [0.717, 1.165) is 40.9 Å². The highest BCUT2D eigenvalue weighted by Gasteiger charge is 2.48. The maximum absolute atomic E-state index is 6.07. The minimum atomic E-state index is 0.615. The summed E-state index contributed by atoms with van der Waals surface area (Å²) >= 11 is 0. The second-order valence-electron chi connectivity index (χ2n) is 6.99. The predicted molar refractivity (Wildman–Crippen MR) is 77.8 cm³/mol. The van der Waals surface area contributed by atoms with Gasteiger partial charge in [0.05, 0.1) is 5.69 Å². The van der Waals surface area contributed by atoms with Gasteiger partial charge < -0.3 is 11.1 Å². The number of hydrogen-bond donors (Lipinski definition) is 2. The molecule has 4 aliphatic carbocycles. The Labute approximate surface area is 115 Å². The molecule has 0 unspecified atom stereocenters. The third-order valence-electron chi connectivity index (χ3n) is 5.60. The van der Waals surface area contributed by atoms with E-state index < -0.39 is 0 Å². The van der Waals surface area contributed by atoms with Gasteiger partial charge in [0.2, 0.25) is 0 Å². The van der Waals surface area contributed by atoms with Crippen molar-refractivity contribution in [1.29, 1.82) is 0 Å². The van der Waals surface area contributed by atoms with Gasteiger partial charge in [0.15, 0.2) is 0 Å². The molecule has 102 valence electrons. The van der Waals surface area contributed by atoms with Crippen LogP contribution in [0.4, 0.5) is 11.5 Å². The van der Waals surface area contributed by atoms with Crippen LogP contribution < -0.4 is 11.1 Å². The number of nitrogens with two attached hydrogens (primary N) is 1. The smallest absolute Gasteiger partial charge is 0.149 e. The number of hydrogen-bond acceptors (Lipinski definition) is 3. The zero-order chi connectivity index (χ0) is 13.0. The molecule has 1 aromatic heterocycles. The first-order valence-corrected chi connectivity index (χ1v) is 7.68. The van der Waals surface area contributed by atoms with Crippen molar-refractivity contribution in [2.24, 2.45) is 23.7 Å². The van der Waals surface area contributed by atoms with Gasteiger partial charge in [-0.25, -0.2) is 4.98 Å². The summed E-state index contributed by atoms with van der Waals surface area (Å²) in [6, 6.07) is 4.57. The standard InChI is InChI=1S/C16H23N3/c1-9-2-3-14(17)16(18-9)19-15-12-5-10-4-11(7-12)8-13(15)6-10/h2-3,10-13,15H,4-8,17H2,1H3,(H,18,19). The van der Waals surface area contributed by atoms with Gasteiger partial charge in [0.25, 0.3) is 0 Å². The molecule has 3 N–H and O–H groups in total. The number of nitrogens with zero attached hydrogens (tertiary/aromatic N) is 1. The molecule has 5 rings (SSSR count). The summed E-state index contributed by atoms with van der Waals surface area (Å²) in [7, 11) is 0. The normalized spacial score (nSPS) is 39.5. The first kappa shape index (κ1) is 11.6. The van der Waals surface area contributed by atoms with Gasteiger partial charge >= 0.3 is 0 Å². The molecular formula is C16H23N3. The molecule has 0 amide bonds. The van der Waals surface area contributed by atoms with Gasteiger partial charge in [0.1, 0.15) is 5.82 Å². The van der Waals surface area contributed by atoms with Crippen LogP contribution in [0, 0.1) is 30.6 Å². The van der Waals surface area contributed by atoms with Crippen LogP contribution in [0.5, 0.6) is 0 Å². The quantitative estimate of drug-likeness (QED) is 0.855. The summed E-state index contributed by atoms with van der Waals surface area (Å²) < 4.78 is 0. The first-order valence-electron chi connectivity index (χ1n) is 7.68. The van der Waals surface area contributed by atoms with Crippen LogP contribution in [-0.2, 0) is 0 Å². The molecule has 0 radical (unpaired) electrons. The highest BCUT2D eigenvalue weighted by atomic mass is 15.1. The fourth-order valence-corrected chi connectivity index (χ4v) is 5.00. The van der Waals surface area contributed by atoms with E-state index in [4.69, 9.17) is 5.73 Å². The maximum atomic E-state index is 6.07. The minimum Gasteiger partial charge on any atom is -0.396 e. The van der Waals surface area contributed by atoms with E-state index in [9.17, 15) is 0 Å². The highest BCUT2D eigenvalue weighted by molar-refractivity contribution is 5.61. The van der Waals surface area contributed by atoms with Gasteiger partial charge in [-0.15, -0.1) is 0 Å². The Bertz CT molecular complexity index is 469. The average molecular weight is 257 g/mol. The number of aromatic nitrogens is 1. The van der Waals surface area contributed by atoms with Crippen LogP contribution in [0.2, 0.25) is 0 Å². The molecule has 4 bridgehead atoms. The summed E-state index contributed by atoms with van der Waals surface area (Å²) in [6.07, 6.45) is 7.21. The van der Waals surface area contributed by atoms with E-state index in [1.54, 1.807) is 0 Å². The van der Waals surface area contributed by atoms with Gasteiger partial charge in [0, 0.05) is 11.7 Å². The second kappa shape index (κ2) is 4.12. The highest BCUT2D eigenvalue weighted by Crippen LogP contribution is 2.54. The third-order valence-corrected chi connectivity index (χ3v) is 5.60. The molecule has 0 saturated heterocycles. The minimum absolute atomic E-state index is 0.615. The first-order chi connectivity index (χ1) is 9.19. The Morgan fingerprint density at radius 1 is 1.05 bits per heavy atom. The van der Waals surface area contributed by atoms with Crippen molar-refractivity contribution >= 4 is 11.5 Å². The predicted octanol–water partition coefficient (Wildman–Crippen LogP) is 3.21. The van der Waals surface area contributed by atoms with Gasteiger partial charge in [-0.3, -0.25) is 0 Å².